The first-order valence-electron chi connectivity index (χ1n) is 7.03. The number of nitrogens with one attached hydrogen (secondary N) is 1. The van der Waals surface area contributed by atoms with E-state index < -0.39 is 35.0 Å². The van der Waals surface area contributed by atoms with Crippen LogP contribution in [0.5, 0.6) is 5.88 Å². The van der Waals surface area contributed by atoms with Crippen LogP contribution in [-0.4, -0.2) is 43.4 Å². The van der Waals surface area contributed by atoms with Crippen LogP contribution < -0.4 is 9.46 Å². The molecule has 1 aliphatic rings. The van der Waals surface area contributed by atoms with Crippen LogP contribution in [-0.2, 0) is 10.0 Å². The summed E-state index contributed by atoms with van der Waals surface area (Å²) < 4.78 is 67.3. The molecule has 1 aromatic rings. The van der Waals surface area contributed by atoms with Crippen molar-refractivity contribution in [3.63, 3.8) is 0 Å². The summed E-state index contributed by atoms with van der Waals surface area (Å²) in [6.07, 6.45) is -1.62. The highest BCUT2D eigenvalue weighted by atomic mass is 32.2. The Morgan fingerprint density at radius 3 is 2.57 bits per heavy atom. The van der Waals surface area contributed by atoms with E-state index in [2.05, 4.69) is 14.4 Å². The van der Waals surface area contributed by atoms with Gasteiger partial charge in [-0.05, 0) is 18.9 Å². The molecule has 0 amide bonds. The van der Waals surface area contributed by atoms with Gasteiger partial charge in [0, 0.05) is 12.1 Å². The Labute approximate surface area is 131 Å². The fourth-order valence-corrected chi connectivity index (χ4v) is 3.53. The second-order valence-electron chi connectivity index (χ2n) is 5.32. The lowest BCUT2D eigenvalue weighted by Crippen LogP contribution is -2.44. The first-order valence-corrected chi connectivity index (χ1v) is 8.52. The second kappa shape index (κ2) is 7.02. The number of aliphatic hydroxyl groups excluding tert-OH is 1. The number of rotatable bonds is 5. The van der Waals surface area contributed by atoms with Gasteiger partial charge in [0.05, 0.1) is 12.3 Å². The number of alkyl halides is 3. The van der Waals surface area contributed by atoms with E-state index >= 15 is 0 Å². The van der Waals surface area contributed by atoms with Gasteiger partial charge in [-0.3, -0.25) is 0 Å². The molecule has 23 heavy (non-hydrogen) atoms. The minimum Gasteiger partial charge on any atom is -0.468 e. The third kappa shape index (κ3) is 5.33. The van der Waals surface area contributed by atoms with Crippen molar-refractivity contribution in [2.75, 3.05) is 6.61 Å². The predicted molar refractivity (Wildman–Crippen MR) is 74.4 cm³/mol. The molecule has 1 saturated carbocycles. The molecule has 6 nitrogen and oxygen atoms in total. The van der Waals surface area contributed by atoms with Gasteiger partial charge in [-0.1, -0.05) is 12.8 Å². The minimum atomic E-state index is -4.49. The molecule has 1 aliphatic carbocycles. The van der Waals surface area contributed by atoms with Crippen molar-refractivity contribution in [3.8, 4) is 5.88 Å². The molecule has 1 fully saturated rings. The van der Waals surface area contributed by atoms with E-state index in [0.717, 1.165) is 31.2 Å². The van der Waals surface area contributed by atoms with Crippen LogP contribution >= 0.6 is 0 Å². The number of nitrogens with zero attached hydrogens (tertiary/aromatic N) is 1. The monoisotopic (exact) mass is 354 g/mol. The minimum absolute atomic E-state index is 0.199. The van der Waals surface area contributed by atoms with Crippen molar-refractivity contribution in [1.29, 1.82) is 0 Å². The Bertz CT molecular complexity index is 619. The first kappa shape index (κ1) is 18.0. The number of pyridine rings is 1. The molecule has 10 heteroatoms. The van der Waals surface area contributed by atoms with E-state index in [-0.39, 0.29) is 10.8 Å². The summed E-state index contributed by atoms with van der Waals surface area (Å²) in [6, 6.07) is 1.59. The molecule has 0 saturated heterocycles. The summed E-state index contributed by atoms with van der Waals surface area (Å²) in [5, 5.41) is 9.80. The molecule has 2 atom stereocenters. The summed E-state index contributed by atoms with van der Waals surface area (Å²) in [5.74, 6) is -0.320. The molecule has 1 heterocycles. The Balaban J connectivity index is 2.02. The molecule has 0 bridgehead atoms. The standard InChI is InChI=1S/C13H17F3N2O4S/c14-13(15,16)8-22-12-6-5-9(7-17-12)23(20,21)18-10-3-1-2-4-11(10)19/h5-7,10-11,18-19H,1-4,8H2/t10-,11-/m0/s1. The fourth-order valence-electron chi connectivity index (χ4n) is 2.28. The third-order valence-corrected chi connectivity index (χ3v) is 4.91. The van der Waals surface area contributed by atoms with E-state index in [9.17, 15) is 26.7 Å². The predicted octanol–water partition coefficient (Wildman–Crippen LogP) is 1.60. The van der Waals surface area contributed by atoms with Crippen molar-refractivity contribution >= 4 is 10.0 Å². The fraction of sp³-hybridized carbons (Fsp3) is 0.615. The molecule has 130 valence electrons. The van der Waals surface area contributed by atoms with Gasteiger partial charge in [-0.15, -0.1) is 0 Å². The topological polar surface area (TPSA) is 88.5 Å². The zero-order valence-electron chi connectivity index (χ0n) is 12.1. The Morgan fingerprint density at radius 1 is 1.30 bits per heavy atom. The average molecular weight is 354 g/mol. The van der Waals surface area contributed by atoms with Gasteiger partial charge in [0.15, 0.2) is 6.61 Å². The van der Waals surface area contributed by atoms with E-state index in [0.29, 0.717) is 12.8 Å². The summed E-state index contributed by atoms with van der Waals surface area (Å²) in [7, 11) is -3.90. The van der Waals surface area contributed by atoms with Gasteiger partial charge >= 0.3 is 6.18 Å². The number of aromatic nitrogens is 1. The van der Waals surface area contributed by atoms with Crippen molar-refractivity contribution < 1.29 is 31.4 Å². The van der Waals surface area contributed by atoms with Crippen molar-refractivity contribution in [1.82, 2.24) is 9.71 Å². The molecular weight excluding hydrogens is 337 g/mol. The number of ether oxygens (including phenoxy) is 1. The van der Waals surface area contributed by atoms with Gasteiger partial charge in [-0.2, -0.15) is 13.2 Å². The summed E-state index contributed by atoms with van der Waals surface area (Å²) >= 11 is 0. The normalized spacial score (nSPS) is 22.8. The molecule has 1 aromatic heterocycles. The number of hydrogen-bond donors (Lipinski definition) is 2. The maximum absolute atomic E-state index is 12.2. The molecule has 0 aliphatic heterocycles. The molecule has 0 unspecified atom stereocenters. The van der Waals surface area contributed by atoms with Crippen LogP contribution in [0.2, 0.25) is 0 Å². The van der Waals surface area contributed by atoms with Crippen LogP contribution in [0.3, 0.4) is 0 Å². The molecule has 0 spiro atoms. The van der Waals surface area contributed by atoms with Gasteiger partial charge in [0.1, 0.15) is 4.90 Å². The zero-order chi connectivity index (χ0) is 17.1. The zero-order valence-corrected chi connectivity index (χ0v) is 12.9. The number of aliphatic hydroxyl groups is 1. The lowest BCUT2D eigenvalue weighted by Gasteiger charge is -2.28. The van der Waals surface area contributed by atoms with E-state index in [4.69, 9.17) is 0 Å². The maximum Gasteiger partial charge on any atom is 0.422 e. The smallest absolute Gasteiger partial charge is 0.422 e. The van der Waals surface area contributed by atoms with E-state index in [1.165, 1.54) is 0 Å². The SMILES string of the molecule is O=S(=O)(N[C@H]1CCCC[C@@H]1O)c1ccc(OCC(F)(F)F)nc1. The lowest BCUT2D eigenvalue weighted by atomic mass is 9.93. The van der Waals surface area contributed by atoms with Gasteiger partial charge in [-0.25, -0.2) is 18.1 Å². The van der Waals surface area contributed by atoms with Crippen LogP contribution in [0.1, 0.15) is 25.7 Å². The van der Waals surface area contributed by atoms with Crippen LogP contribution in [0.15, 0.2) is 23.2 Å². The number of sulfonamides is 1. The van der Waals surface area contributed by atoms with E-state index in [1.54, 1.807) is 0 Å². The second-order valence-corrected chi connectivity index (χ2v) is 7.03. The molecule has 0 radical (unpaired) electrons. The largest absolute Gasteiger partial charge is 0.468 e. The Hall–Kier alpha value is -1.39. The number of halogens is 3. The van der Waals surface area contributed by atoms with Crippen LogP contribution in [0, 0.1) is 0 Å². The van der Waals surface area contributed by atoms with Crippen LogP contribution in [0.4, 0.5) is 13.2 Å². The quantitative estimate of drug-likeness (QED) is 0.839. The van der Waals surface area contributed by atoms with Crippen molar-refractivity contribution in [2.45, 2.75) is 48.9 Å². The molecule has 2 rings (SSSR count). The third-order valence-electron chi connectivity index (χ3n) is 3.44. The molecular formula is C13H17F3N2O4S. The highest BCUT2D eigenvalue weighted by Gasteiger charge is 2.30. The maximum atomic E-state index is 12.2. The molecule has 0 aromatic carbocycles. The average Bonchev–Trinajstić information content (AvgIpc) is 2.47. The summed E-state index contributed by atoms with van der Waals surface area (Å²) in [4.78, 5) is 3.36. The van der Waals surface area contributed by atoms with Gasteiger partial charge in [0.25, 0.3) is 0 Å². The molecule has 2 N–H and O–H groups in total. The summed E-state index contributed by atoms with van der Waals surface area (Å²) in [5.41, 5.74) is 0. The van der Waals surface area contributed by atoms with Crippen molar-refractivity contribution in [2.24, 2.45) is 0 Å². The van der Waals surface area contributed by atoms with Gasteiger partial charge < -0.3 is 9.84 Å². The highest BCUT2D eigenvalue weighted by Crippen LogP contribution is 2.21. The first-order chi connectivity index (χ1) is 10.7. The lowest BCUT2D eigenvalue weighted by molar-refractivity contribution is -0.154. The summed E-state index contributed by atoms with van der Waals surface area (Å²) in [6.45, 7) is -1.50. The van der Waals surface area contributed by atoms with Gasteiger partial charge in [0.2, 0.25) is 15.9 Å². The Kier molecular flexibility index (Phi) is 5.48. The van der Waals surface area contributed by atoms with E-state index in [1.807, 2.05) is 0 Å². The number of hydrogen-bond acceptors (Lipinski definition) is 5. The highest BCUT2D eigenvalue weighted by molar-refractivity contribution is 7.89. The Morgan fingerprint density at radius 2 is 2.00 bits per heavy atom. The van der Waals surface area contributed by atoms with Crippen LogP contribution in [0.25, 0.3) is 0 Å². The van der Waals surface area contributed by atoms with Crippen molar-refractivity contribution in [3.05, 3.63) is 18.3 Å².